The molecule has 4 nitrogen and oxygen atoms in total. The Kier molecular flexibility index (Phi) is 3.83. The van der Waals surface area contributed by atoms with E-state index in [1.54, 1.807) is 12.1 Å². The van der Waals surface area contributed by atoms with Crippen molar-refractivity contribution in [3.63, 3.8) is 0 Å². The van der Waals surface area contributed by atoms with E-state index in [-0.39, 0.29) is 0 Å². The van der Waals surface area contributed by atoms with Gasteiger partial charge in [-0.3, -0.25) is 0 Å². The lowest BCUT2D eigenvalue weighted by Crippen LogP contribution is -1.89. The Morgan fingerprint density at radius 1 is 0.500 bits per heavy atom. The molecule has 0 aliphatic heterocycles. The second-order valence-electron chi connectivity index (χ2n) is 4.82. The van der Waals surface area contributed by atoms with Crippen molar-refractivity contribution in [3.8, 4) is 23.0 Å². The number of nitrogen functional groups attached to an aromatic ring is 2. The molecule has 22 heavy (non-hydrogen) atoms. The molecule has 0 saturated heterocycles. The van der Waals surface area contributed by atoms with Crippen LogP contribution >= 0.6 is 0 Å². The quantitative estimate of drug-likeness (QED) is 0.698. The van der Waals surface area contributed by atoms with Crippen LogP contribution in [0, 0.1) is 0 Å². The second-order valence-corrected chi connectivity index (χ2v) is 4.82. The number of benzene rings is 3. The fourth-order valence-corrected chi connectivity index (χ4v) is 2.00. The molecule has 0 saturated carbocycles. The van der Waals surface area contributed by atoms with Crippen LogP contribution in [-0.2, 0) is 0 Å². The number of rotatable bonds is 4. The monoisotopic (exact) mass is 292 g/mol. The molecule has 110 valence electrons. The maximum Gasteiger partial charge on any atom is 0.129 e. The molecule has 0 bridgehead atoms. The first kappa shape index (κ1) is 13.8. The summed E-state index contributed by atoms with van der Waals surface area (Å²) in [5, 5.41) is 0. The lowest BCUT2D eigenvalue weighted by atomic mass is 10.3. The van der Waals surface area contributed by atoms with Gasteiger partial charge in [-0.2, -0.15) is 0 Å². The predicted octanol–water partition coefficient (Wildman–Crippen LogP) is 4.44. The van der Waals surface area contributed by atoms with Gasteiger partial charge in [0.1, 0.15) is 23.0 Å². The van der Waals surface area contributed by atoms with Crippen LogP contribution in [0.15, 0.2) is 72.8 Å². The Bertz CT molecular complexity index is 704. The molecule has 4 heteroatoms. The average molecular weight is 292 g/mol. The van der Waals surface area contributed by atoms with E-state index in [0.717, 1.165) is 0 Å². The highest BCUT2D eigenvalue weighted by Gasteiger charge is 2.01. The zero-order valence-corrected chi connectivity index (χ0v) is 11.9. The third-order valence-electron chi connectivity index (χ3n) is 3.01. The third kappa shape index (κ3) is 3.49. The molecule has 0 aliphatic carbocycles. The van der Waals surface area contributed by atoms with Crippen LogP contribution in [0.5, 0.6) is 23.0 Å². The van der Waals surface area contributed by atoms with Crippen molar-refractivity contribution >= 4 is 11.4 Å². The maximum absolute atomic E-state index is 5.73. The highest BCUT2D eigenvalue weighted by atomic mass is 16.5. The van der Waals surface area contributed by atoms with E-state index in [2.05, 4.69) is 0 Å². The zero-order chi connectivity index (χ0) is 15.4. The minimum atomic E-state index is 0.666. The second kappa shape index (κ2) is 6.10. The lowest BCUT2D eigenvalue weighted by molar-refractivity contribution is 0.469. The summed E-state index contributed by atoms with van der Waals surface area (Å²) in [7, 11) is 0. The van der Waals surface area contributed by atoms with Crippen LogP contribution in [0.4, 0.5) is 11.4 Å². The SMILES string of the molecule is Nc1cccc(Oc2ccc(Oc3cccc(N)c3)cc2)c1. The van der Waals surface area contributed by atoms with E-state index in [0.29, 0.717) is 34.4 Å². The van der Waals surface area contributed by atoms with E-state index >= 15 is 0 Å². The fourth-order valence-electron chi connectivity index (χ4n) is 2.00. The number of hydrogen-bond acceptors (Lipinski definition) is 4. The highest BCUT2D eigenvalue weighted by molar-refractivity contribution is 5.47. The van der Waals surface area contributed by atoms with Crippen LogP contribution in [0.25, 0.3) is 0 Å². The Hall–Kier alpha value is -3.14. The molecule has 0 spiro atoms. The topological polar surface area (TPSA) is 70.5 Å². The molecule has 0 aromatic heterocycles. The summed E-state index contributed by atoms with van der Waals surface area (Å²) in [6.45, 7) is 0. The van der Waals surface area contributed by atoms with Gasteiger partial charge in [-0.25, -0.2) is 0 Å². The largest absolute Gasteiger partial charge is 0.457 e. The van der Waals surface area contributed by atoms with E-state index in [9.17, 15) is 0 Å². The summed E-state index contributed by atoms with van der Waals surface area (Å²) < 4.78 is 11.5. The van der Waals surface area contributed by atoms with Gasteiger partial charge in [0, 0.05) is 23.5 Å². The van der Waals surface area contributed by atoms with E-state index in [1.807, 2.05) is 60.7 Å². The number of nitrogens with two attached hydrogens (primary N) is 2. The summed E-state index contributed by atoms with van der Waals surface area (Å²) in [5.41, 5.74) is 12.8. The van der Waals surface area contributed by atoms with E-state index in [1.165, 1.54) is 0 Å². The Morgan fingerprint density at radius 3 is 1.27 bits per heavy atom. The normalized spacial score (nSPS) is 10.2. The van der Waals surface area contributed by atoms with Crippen LogP contribution in [0.3, 0.4) is 0 Å². The average Bonchev–Trinajstić information content (AvgIpc) is 2.49. The minimum absolute atomic E-state index is 0.666. The molecule has 0 aliphatic rings. The van der Waals surface area contributed by atoms with Crippen molar-refractivity contribution in [1.82, 2.24) is 0 Å². The molecule has 0 amide bonds. The van der Waals surface area contributed by atoms with Gasteiger partial charge in [-0.1, -0.05) is 12.1 Å². The summed E-state index contributed by atoms with van der Waals surface area (Å²) in [6, 6.07) is 21.9. The maximum atomic E-state index is 5.73. The van der Waals surface area contributed by atoms with Gasteiger partial charge in [0.15, 0.2) is 0 Å². The van der Waals surface area contributed by atoms with E-state index < -0.39 is 0 Å². The molecule has 0 atom stereocenters. The van der Waals surface area contributed by atoms with Crippen molar-refractivity contribution in [2.75, 3.05) is 11.5 Å². The third-order valence-corrected chi connectivity index (χ3v) is 3.01. The van der Waals surface area contributed by atoms with Crippen LogP contribution in [0.2, 0.25) is 0 Å². The minimum Gasteiger partial charge on any atom is -0.457 e. The molecular formula is C18H16N2O2. The van der Waals surface area contributed by atoms with Crippen molar-refractivity contribution in [2.24, 2.45) is 0 Å². The van der Waals surface area contributed by atoms with Gasteiger partial charge in [-0.05, 0) is 48.5 Å². The van der Waals surface area contributed by atoms with Gasteiger partial charge >= 0.3 is 0 Å². The Balaban J connectivity index is 1.70. The molecule has 0 heterocycles. The van der Waals surface area contributed by atoms with Crippen molar-refractivity contribution in [3.05, 3.63) is 72.8 Å². The Labute approximate surface area is 128 Å². The molecule has 3 aromatic carbocycles. The number of anilines is 2. The fraction of sp³-hybridized carbons (Fsp3) is 0. The molecule has 0 unspecified atom stereocenters. The van der Waals surface area contributed by atoms with Gasteiger partial charge < -0.3 is 20.9 Å². The standard InChI is InChI=1S/C18H16N2O2/c19-13-3-1-5-17(11-13)21-15-7-9-16(10-8-15)22-18-6-2-4-14(20)12-18/h1-12H,19-20H2. The molecule has 0 radical (unpaired) electrons. The van der Waals surface area contributed by atoms with Gasteiger partial charge in [0.25, 0.3) is 0 Å². The van der Waals surface area contributed by atoms with E-state index in [4.69, 9.17) is 20.9 Å². The van der Waals surface area contributed by atoms with Crippen molar-refractivity contribution in [1.29, 1.82) is 0 Å². The summed E-state index contributed by atoms with van der Waals surface area (Å²) >= 11 is 0. The predicted molar refractivity (Wildman–Crippen MR) is 88.3 cm³/mol. The van der Waals surface area contributed by atoms with Crippen molar-refractivity contribution < 1.29 is 9.47 Å². The summed E-state index contributed by atoms with van der Waals surface area (Å²) in [4.78, 5) is 0. The Morgan fingerprint density at radius 2 is 0.909 bits per heavy atom. The first-order chi connectivity index (χ1) is 10.7. The summed E-state index contributed by atoms with van der Waals surface area (Å²) in [5.74, 6) is 2.82. The first-order valence-electron chi connectivity index (χ1n) is 6.86. The molecular weight excluding hydrogens is 276 g/mol. The smallest absolute Gasteiger partial charge is 0.129 e. The van der Waals surface area contributed by atoms with Crippen molar-refractivity contribution in [2.45, 2.75) is 0 Å². The van der Waals surface area contributed by atoms with Crippen LogP contribution in [-0.4, -0.2) is 0 Å². The van der Waals surface area contributed by atoms with Gasteiger partial charge in [0.2, 0.25) is 0 Å². The number of hydrogen-bond donors (Lipinski definition) is 2. The number of ether oxygens (including phenoxy) is 2. The van der Waals surface area contributed by atoms with Gasteiger partial charge in [-0.15, -0.1) is 0 Å². The molecule has 0 fully saturated rings. The zero-order valence-electron chi connectivity index (χ0n) is 11.9. The molecule has 3 aromatic rings. The van der Waals surface area contributed by atoms with Crippen LogP contribution in [0.1, 0.15) is 0 Å². The van der Waals surface area contributed by atoms with Gasteiger partial charge in [0.05, 0.1) is 0 Å². The molecule has 4 N–H and O–H groups in total. The highest BCUT2D eigenvalue weighted by Crippen LogP contribution is 2.28. The lowest BCUT2D eigenvalue weighted by Gasteiger charge is -2.09. The van der Waals surface area contributed by atoms with Crippen LogP contribution < -0.4 is 20.9 Å². The summed E-state index contributed by atoms with van der Waals surface area (Å²) in [6.07, 6.45) is 0. The molecule has 3 rings (SSSR count). The first-order valence-corrected chi connectivity index (χ1v) is 6.86.